The SMILES string of the molecule is C[C@@H](NC(=O)C1(N)CCOC1)c1cccs1. The second kappa shape index (κ2) is 4.53. The Labute approximate surface area is 98.8 Å². The summed E-state index contributed by atoms with van der Waals surface area (Å²) in [6.07, 6.45) is 0.593. The first-order valence-electron chi connectivity index (χ1n) is 5.33. The summed E-state index contributed by atoms with van der Waals surface area (Å²) in [5.41, 5.74) is 5.13. The second-order valence-electron chi connectivity index (χ2n) is 4.17. The van der Waals surface area contributed by atoms with Crippen molar-refractivity contribution in [1.29, 1.82) is 0 Å². The van der Waals surface area contributed by atoms with Crippen LogP contribution < -0.4 is 11.1 Å². The molecule has 1 aliphatic rings. The zero-order chi connectivity index (χ0) is 11.6. The summed E-state index contributed by atoms with van der Waals surface area (Å²) in [5, 5.41) is 4.93. The first-order valence-corrected chi connectivity index (χ1v) is 6.21. The van der Waals surface area contributed by atoms with Gasteiger partial charge in [-0.2, -0.15) is 0 Å². The van der Waals surface area contributed by atoms with Crippen LogP contribution in [0.15, 0.2) is 17.5 Å². The quantitative estimate of drug-likeness (QED) is 0.830. The van der Waals surface area contributed by atoms with E-state index in [9.17, 15) is 4.79 Å². The third-order valence-electron chi connectivity index (χ3n) is 2.82. The van der Waals surface area contributed by atoms with Gasteiger partial charge in [0.1, 0.15) is 5.54 Å². The number of hydrogen-bond donors (Lipinski definition) is 2. The van der Waals surface area contributed by atoms with E-state index >= 15 is 0 Å². The van der Waals surface area contributed by atoms with Crippen LogP contribution in [0.5, 0.6) is 0 Å². The van der Waals surface area contributed by atoms with Crippen molar-refractivity contribution in [2.24, 2.45) is 5.73 Å². The van der Waals surface area contributed by atoms with Gasteiger partial charge in [-0.1, -0.05) is 6.07 Å². The molecule has 1 aromatic rings. The van der Waals surface area contributed by atoms with Crippen molar-refractivity contribution in [1.82, 2.24) is 5.32 Å². The number of carbonyl (C=O) groups excluding carboxylic acids is 1. The van der Waals surface area contributed by atoms with Gasteiger partial charge in [-0.15, -0.1) is 11.3 Å². The summed E-state index contributed by atoms with van der Waals surface area (Å²) >= 11 is 1.63. The van der Waals surface area contributed by atoms with Gasteiger partial charge in [-0.05, 0) is 24.8 Å². The fraction of sp³-hybridized carbons (Fsp3) is 0.545. The lowest BCUT2D eigenvalue weighted by atomic mass is 9.99. The molecule has 1 aromatic heterocycles. The zero-order valence-corrected chi connectivity index (χ0v) is 10.0. The maximum atomic E-state index is 12.0. The van der Waals surface area contributed by atoms with Crippen molar-refractivity contribution in [2.75, 3.05) is 13.2 Å². The van der Waals surface area contributed by atoms with Crippen LogP contribution in [0.1, 0.15) is 24.3 Å². The molecule has 0 spiro atoms. The number of rotatable bonds is 3. The average molecular weight is 240 g/mol. The largest absolute Gasteiger partial charge is 0.379 e. The van der Waals surface area contributed by atoms with Crippen molar-refractivity contribution < 1.29 is 9.53 Å². The molecule has 1 fully saturated rings. The summed E-state index contributed by atoms with van der Waals surface area (Å²) in [4.78, 5) is 13.1. The molecule has 0 radical (unpaired) electrons. The molecule has 1 unspecified atom stereocenters. The summed E-state index contributed by atoms with van der Waals surface area (Å²) < 4.78 is 5.17. The van der Waals surface area contributed by atoms with E-state index in [4.69, 9.17) is 10.5 Å². The third-order valence-corrected chi connectivity index (χ3v) is 3.88. The molecule has 1 amide bonds. The van der Waals surface area contributed by atoms with Crippen molar-refractivity contribution >= 4 is 17.2 Å². The van der Waals surface area contributed by atoms with Gasteiger partial charge in [0.15, 0.2) is 0 Å². The molecule has 0 bridgehead atoms. The molecule has 0 aromatic carbocycles. The normalized spacial score (nSPS) is 26.6. The number of hydrogen-bond acceptors (Lipinski definition) is 4. The van der Waals surface area contributed by atoms with Crippen molar-refractivity contribution in [2.45, 2.75) is 24.9 Å². The van der Waals surface area contributed by atoms with Crippen LogP contribution in [0, 0.1) is 0 Å². The van der Waals surface area contributed by atoms with Gasteiger partial charge in [-0.25, -0.2) is 0 Å². The lowest BCUT2D eigenvalue weighted by molar-refractivity contribution is -0.127. The smallest absolute Gasteiger partial charge is 0.243 e. The van der Waals surface area contributed by atoms with E-state index in [1.807, 2.05) is 24.4 Å². The number of nitrogens with one attached hydrogen (secondary N) is 1. The van der Waals surface area contributed by atoms with Crippen LogP contribution in [0.4, 0.5) is 0 Å². The van der Waals surface area contributed by atoms with E-state index in [-0.39, 0.29) is 11.9 Å². The number of thiophene rings is 1. The maximum absolute atomic E-state index is 12.0. The average Bonchev–Trinajstić information content (AvgIpc) is 2.88. The Hall–Kier alpha value is -0.910. The van der Waals surface area contributed by atoms with E-state index in [2.05, 4.69) is 5.32 Å². The molecule has 2 rings (SSSR count). The molecule has 0 aliphatic carbocycles. The Bertz CT molecular complexity index is 358. The Morgan fingerprint density at radius 3 is 3.12 bits per heavy atom. The minimum Gasteiger partial charge on any atom is -0.379 e. The highest BCUT2D eigenvalue weighted by atomic mass is 32.1. The monoisotopic (exact) mass is 240 g/mol. The van der Waals surface area contributed by atoms with Gasteiger partial charge in [0.25, 0.3) is 0 Å². The van der Waals surface area contributed by atoms with Crippen molar-refractivity contribution in [3.05, 3.63) is 22.4 Å². The van der Waals surface area contributed by atoms with E-state index in [0.29, 0.717) is 19.6 Å². The van der Waals surface area contributed by atoms with Crippen molar-refractivity contribution in [3.8, 4) is 0 Å². The summed E-state index contributed by atoms with van der Waals surface area (Å²) in [5.74, 6) is -0.120. The highest BCUT2D eigenvalue weighted by Crippen LogP contribution is 2.21. The van der Waals surface area contributed by atoms with Crippen LogP contribution in [0.2, 0.25) is 0 Å². The molecule has 2 atom stereocenters. The maximum Gasteiger partial charge on any atom is 0.243 e. The lowest BCUT2D eigenvalue weighted by Crippen LogP contribution is -2.54. The van der Waals surface area contributed by atoms with Gasteiger partial charge in [-0.3, -0.25) is 4.79 Å². The second-order valence-corrected chi connectivity index (χ2v) is 5.15. The fourth-order valence-electron chi connectivity index (χ4n) is 1.71. The van der Waals surface area contributed by atoms with Crippen molar-refractivity contribution in [3.63, 3.8) is 0 Å². The van der Waals surface area contributed by atoms with Gasteiger partial charge < -0.3 is 15.8 Å². The van der Waals surface area contributed by atoms with Gasteiger partial charge >= 0.3 is 0 Å². The summed E-state index contributed by atoms with van der Waals surface area (Å²) in [7, 11) is 0. The summed E-state index contributed by atoms with van der Waals surface area (Å²) in [6.45, 7) is 2.84. The third kappa shape index (κ3) is 2.26. The van der Waals surface area contributed by atoms with Crippen LogP contribution >= 0.6 is 11.3 Å². The highest BCUT2D eigenvalue weighted by molar-refractivity contribution is 7.10. The predicted octanol–water partition coefficient (Wildman–Crippen LogP) is 1.04. The first-order chi connectivity index (χ1) is 7.62. The molecular weight excluding hydrogens is 224 g/mol. The Balaban J connectivity index is 1.97. The number of amides is 1. The standard InChI is InChI=1S/C11H16N2O2S/c1-8(9-3-2-6-16-9)13-10(14)11(12)4-5-15-7-11/h2-3,6,8H,4-5,7,12H2,1H3,(H,13,14)/t8-,11?/m1/s1. The topological polar surface area (TPSA) is 64.4 Å². The van der Waals surface area contributed by atoms with E-state index in [1.54, 1.807) is 11.3 Å². The van der Waals surface area contributed by atoms with Crippen LogP contribution in [0.3, 0.4) is 0 Å². The van der Waals surface area contributed by atoms with Crippen LogP contribution in [-0.2, 0) is 9.53 Å². The minimum absolute atomic E-state index is 0.00789. The molecule has 3 N–H and O–H groups in total. The molecule has 16 heavy (non-hydrogen) atoms. The lowest BCUT2D eigenvalue weighted by Gasteiger charge is -2.23. The molecule has 4 nitrogen and oxygen atoms in total. The first kappa shape index (κ1) is 11.6. The summed E-state index contributed by atoms with van der Waals surface area (Å²) in [6, 6.07) is 3.98. The molecule has 88 valence electrons. The fourth-order valence-corrected chi connectivity index (χ4v) is 2.44. The number of ether oxygens (including phenoxy) is 1. The van der Waals surface area contributed by atoms with Crippen LogP contribution in [-0.4, -0.2) is 24.7 Å². The number of carbonyl (C=O) groups is 1. The van der Waals surface area contributed by atoms with E-state index in [0.717, 1.165) is 4.88 Å². The van der Waals surface area contributed by atoms with E-state index in [1.165, 1.54) is 0 Å². The molecular formula is C11H16N2O2S. The van der Waals surface area contributed by atoms with Gasteiger partial charge in [0, 0.05) is 11.5 Å². The van der Waals surface area contributed by atoms with E-state index < -0.39 is 5.54 Å². The molecule has 1 aliphatic heterocycles. The number of nitrogens with two attached hydrogens (primary N) is 1. The zero-order valence-electron chi connectivity index (χ0n) is 9.23. The minimum atomic E-state index is -0.842. The van der Waals surface area contributed by atoms with Gasteiger partial charge in [0.2, 0.25) is 5.91 Å². The Morgan fingerprint density at radius 1 is 1.75 bits per heavy atom. The van der Waals surface area contributed by atoms with Gasteiger partial charge in [0.05, 0.1) is 12.6 Å². The molecule has 1 saturated heterocycles. The predicted molar refractivity (Wildman–Crippen MR) is 63.2 cm³/mol. The highest BCUT2D eigenvalue weighted by Gasteiger charge is 2.38. The molecule has 0 saturated carbocycles. The van der Waals surface area contributed by atoms with Crippen LogP contribution in [0.25, 0.3) is 0 Å². The Kier molecular flexibility index (Phi) is 3.28. The Morgan fingerprint density at radius 2 is 2.56 bits per heavy atom. The molecule has 2 heterocycles. The molecule has 5 heteroatoms.